The number of urea groups is 1. The van der Waals surface area contributed by atoms with E-state index in [9.17, 15) is 65.5 Å². The number of hydrogen-bond donors (Lipinski definition) is 5. The van der Waals surface area contributed by atoms with Gasteiger partial charge in [0.1, 0.15) is 52.8 Å². The average Bonchev–Trinajstić information content (AvgIpc) is 1.59. The van der Waals surface area contributed by atoms with Crippen molar-refractivity contribution in [2.75, 3.05) is 10.8 Å². The molecule has 4 amide bonds. The van der Waals surface area contributed by atoms with Gasteiger partial charge in [0.25, 0.3) is 0 Å². The number of hydrogen-bond acceptors (Lipinski definition) is 16. The molecule has 8 heterocycles. The van der Waals surface area contributed by atoms with Crippen LogP contribution in [0.5, 0.6) is 0 Å². The zero-order chi connectivity index (χ0) is 91.9. The molecule has 4 saturated heterocycles. The van der Waals surface area contributed by atoms with Gasteiger partial charge in [-0.15, -0.1) is 23.2 Å². The first-order chi connectivity index (χ1) is 58.8. The number of aromatic nitrogens is 4. The summed E-state index contributed by atoms with van der Waals surface area (Å²) in [6, 6.07) is 21.1. The van der Waals surface area contributed by atoms with E-state index in [-0.39, 0.29) is 122 Å². The van der Waals surface area contributed by atoms with Gasteiger partial charge >= 0.3 is 30.2 Å². The number of halogens is 10. The Bertz CT molecular complexity index is 5350. The summed E-state index contributed by atoms with van der Waals surface area (Å²) in [6.07, 6.45) is 15.9. The SMILES string of the molecule is CC(=O)c1cn(CC(=O)O)c2cnccc12.CC(=O)c1cn(NC(=O)N2[C@@H]3C[C@@H]3C[C@H]2C(=O)C[C@H](C)c2cccc(Cl)c2F)c2cnccc12.CC(C)(C)OC(=O)N1[C@@H]2C[C@@H]2C[C@H]1C(=O)O.C[C@@H](CC(=O)[C@@H]1C[C@H]2C[C@H]2N1)c1cccc(Cl)c1F.C[C@@H](CC(=O)[C@@H]1C[C@H]2C[C@H]2N1C(=O)OC(C)(C)C)c1cccc(Cl)c1F.C[C@@H](N)c1cccc(Cl)c1F.ClCCl. The highest BCUT2D eigenvalue weighted by atomic mass is 35.5. The van der Waals surface area contributed by atoms with Crippen LogP contribution in [-0.4, -0.2) is 168 Å². The van der Waals surface area contributed by atoms with Crippen molar-refractivity contribution in [2.45, 2.75) is 244 Å². The minimum Gasteiger partial charge on any atom is -0.480 e. The number of rotatable bonds is 19. The minimum atomic E-state index is -0.948. The van der Waals surface area contributed by atoms with Gasteiger partial charge in [-0.25, -0.2) is 42.2 Å². The van der Waals surface area contributed by atoms with Gasteiger partial charge in [-0.05, 0) is 208 Å². The maximum Gasteiger partial charge on any atom is 0.411 e. The molecule has 16 rings (SSSR count). The lowest BCUT2D eigenvalue weighted by Gasteiger charge is -2.30. The fraction of sp³-hybridized carbons (Fsp3) is 0.473. The predicted molar refractivity (Wildman–Crippen MR) is 471 cm³/mol. The Balaban J connectivity index is 0.000000161. The van der Waals surface area contributed by atoms with Gasteiger partial charge in [-0.2, -0.15) is 0 Å². The van der Waals surface area contributed by atoms with Gasteiger partial charge < -0.3 is 40.2 Å². The van der Waals surface area contributed by atoms with E-state index < -0.39 is 82.8 Å². The van der Waals surface area contributed by atoms with Crippen molar-refractivity contribution < 1.29 is 85.2 Å². The lowest BCUT2D eigenvalue weighted by atomic mass is 9.91. The lowest BCUT2D eigenvalue weighted by Crippen LogP contribution is -2.47. The summed E-state index contributed by atoms with van der Waals surface area (Å²) >= 11 is 32.6. The maximum absolute atomic E-state index is 14.4. The third-order valence-corrected chi connectivity index (χ3v) is 24.3. The number of benzene rings is 4. The van der Waals surface area contributed by atoms with Crippen LogP contribution >= 0.6 is 69.6 Å². The van der Waals surface area contributed by atoms with Crippen LogP contribution in [0.25, 0.3) is 21.8 Å². The molecule has 0 spiro atoms. The van der Waals surface area contributed by atoms with Crippen LogP contribution in [0.2, 0.25) is 20.1 Å². The Kier molecular flexibility index (Phi) is 32.6. The van der Waals surface area contributed by atoms with Crippen LogP contribution in [0.3, 0.4) is 0 Å². The first-order valence-electron chi connectivity index (χ1n) is 41.3. The highest BCUT2D eigenvalue weighted by Gasteiger charge is 2.59. The van der Waals surface area contributed by atoms with Crippen molar-refractivity contribution in [3.8, 4) is 0 Å². The van der Waals surface area contributed by atoms with Crippen molar-refractivity contribution in [1.29, 1.82) is 0 Å². The van der Waals surface area contributed by atoms with Crippen LogP contribution in [-0.2, 0) is 40.0 Å². The number of alkyl halides is 2. The summed E-state index contributed by atoms with van der Waals surface area (Å²) in [5, 5.41) is 23.1. The number of carbonyl (C=O) groups is 10. The first-order valence-corrected chi connectivity index (χ1v) is 43.8. The lowest BCUT2D eigenvalue weighted by molar-refractivity contribution is -0.142. The van der Waals surface area contributed by atoms with E-state index in [1.165, 1.54) is 58.7 Å². The van der Waals surface area contributed by atoms with Gasteiger partial charge in [0.2, 0.25) is 0 Å². The molecule has 8 aliphatic rings. The van der Waals surface area contributed by atoms with Crippen LogP contribution in [0.15, 0.2) is 122 Å². The molecule has 4 saturated carbocycles. The Labute approximate surface area is 752 Å². The number of fused-ring (bicyclic) bond motifs is 6. The van der Waals surface area contributed by atoms with E-state index in [1.807, 2.05) is 27.7 Å². The smallest absolute Gasteiger partial charge is 0.411 e. The molecule has 4 aliphatic heterocycles. The Morgan fingerprint density at radius 3 is 1.28 bits per heavy atom. The number of pyridine rings is 2. The van der Waals surface area contributed by atoms with Crippen molar-refractivity contribution in [3.63, 3.8) is 0 Å². The summed E-state index contributed by atoms with van der Waals surface area (Å²) in [5.74, 6) is -2.89. The van der Waals surface area contributed by atoms with E-state index >= 15 is 0 Å². The molecule has 24 nitrogen and oxygen atoms in total. The first kappa shape index (κ1) is 97.9. The van der Waals surface area contributed by atoms with E-state index in [1.54, 1.807) is 149 Å². The summed E-state index contributed by atoms with van der Waals surface area (Å²) < 4.78 is 69.3. The molecule has 0 unspecified atom stereocenters. The minimum absolute atomic E-state index is 0.0133. The molecule has 4 aromatic heterocycles. The number of likely N-dealkylation sites (tertiary alicyclic amines) is 3. The molecule has 4 aliphatic carbocycles. The van der Waals surface area contributed by atoms with E-state index in [2.05, 4.69) is 20.7 Å². The molecule has 6 N–H and O–H groups in total. The molecule has 4 aromatic carbocycles. The zero-order valence-corrected chi connectivity index (χ0v) is 75.8. The fourth-order valence-electron chi connectivity index (χ4n) is 16.7. The van der Waals surface area contributed by atoms with Crippen LogP contribution in [0, 0.1) is 46.9 Å². The molecule has 8 fully saturated rings. The van der Waals surface area contributed by atoms with Crippen LogP contribution in [0.1, 0.15) is 220 Å². The molecular weight excluding hydrogens is 1750 g/mol. The number of piperidine rings is 4. The third-order valence-electron chi connectivity index (χ3n) is 23.2. The summed E-state index contributed by atoms with van der Waals surface area (Å²) in [5.41, 5.74) is 11.2. The number of amides is 4. The van der Waals surface area contributed by atoms with Crippen molar-refractivity contribution in [2.24, 2.45) is 29.4 Å². The largest absolute Gasteiger partial charge is 0.480 e. The quantitative estimate of drug-likeness (QED) is 0.0285. The normalized spacial score (nSPS) is 22.6. The van der Waals surface area contributed by atoms with Gasteiger partial charge in [-0.3, -0.25) is 53.2 Å². The standard InChI is InChI=1S/C25H24ClFN4O3.C20H25ClFNO3.C15H17ClFNO.C11H10N2O3.C11H17NO4.C8H9ClFN.CH2Cl2/c1-13(16-4-3-5-19(26)24(16)27)8-23(33)21-10-15-9-20(15)31(21)25(34)29-30-12-18(14(2)32)17-6-7-28-11-22(17)30;1-11(13-6-5-7-14(21)18(13)22)8-17(24)16-10-12-9-15(12)23(16)19(25)26-20(2,3)4;1-8(10-3-2-4-11(16)15(10)17)5-14(19)13-7-9-6-12(9)18-13;1-7(14)9-5-13(6-11(15)16)10-4-12-3-2-8(9)10;1-11(2,3)16-10(15)12-7-4-6(7)5-8(12)9(13)14;1-5(11)6-3-2-4-7(9)8(6)10;2-1-3/h3-7,11-13,15,20-21H,8-10H2,1-2H3,(H,29,34);5-7,11-12,15-16H,8-10H2,1-4H3;2-4,8-9,12-13,18H,5-7H2,1H3;2-5H,6H2,1H3,(H,15,16);6-8H,4-5H2,1-3H3,(H,13,14);2-5H,11H2,1H3;1H2/t13-,15+,20+,21-;11-,12+,15+,16-;8-,9+,12+,13-;;6-,7-,8+;5-;/m000.11./s1. The number of nitrogens with one attached hydrogen (secondary N) is 2. The number of carbonyl (C=O) groups excluding carboxylic acids is 8. The van der Waals surface area contributed by atoms with Crippen LogP contribution < -0.4 is 16.5 Å². The number of nitrogens with two attached hydrogens (primary N) is 1. The number of aliphatic carboxylic acids is 2. The number of Topliss-reactive ketones (excluding diaryl/α,β-unsaturated/α-hetero) is 5. The average molecular weight is 1850 g/mol. The van der Waals surface area contributed by atoms with E-state index in [0.717, 1.165) is 31.1 Å². The van der Waals surface area contributed by atoms with Gasteiger partial charge in [0, 0.05) is 102 Å². The summed E-state index contributed by atoms with van der Waals surface area (Å²) in [4.78, 5) is 134. The molecule has 34 heteroatoms. The van der Waals surface area contributed by atoms with Crippen LogP contribution in [0.4, 0.5) is 31.9 Å². The van der Waals surface area contributed by atoms with Crippen molar-refractivity contribution in [3.05, 3.63) is 199 Å². The number of carboxylic acids is 2. The molecule has 125 heavy (non-hydrogen) atoms. The van der Waals surface area contributed by atoms with E-state index in [0.29, 0.717) is 105 Å². The number of carboxylic acid groups (broad SMARTS) is 2. The molecule has 16 atom stereocenters. The monoisotopic (exact) mass is 1850 g/mol. The summed E-state index contributed by atoms with van der Waals surface area (Å²) in [6.45, 7) is 20.7. The second kappa shape index (κ2) is 41.7. The number of ether oxygens (including phenoxy) is 2. The zero-order valence-electron chi connectivity index (χ0n) is 71.3. The Morgan fingerprint density at radius 1 is 0.512 bits per heavy atom. The number of nitrogens with zero attached hydrogens (tertiary/aromatic N) is 7. The van der Waals surface area contributed by atoms with Gasteiger partial charge in [0.15, 0.2) is 23.1 Å². The van der Waals surface area contributed by atoms with Gasteiger partial charge in [-0.1, -0.05) is 116 Å². The molecule has 8 aromatic rings. The summed E-state index contributed by atoms with van der Waals surface area (Å²) in [7, 11) is 0. The Hall–Kier alpha value is -9.26. The predicted octanol–water partition coefficient (Wildman–Crippen LogP) is 19.9. The Morgan fingerprint density at radius 2 is 0.888 bits per heavy atom. The second-order valence-electron chi connectivity index (χ2n) is 35.0. The second-order valence-corrected chi connectivity index (χ2v) is 37.4. The maximum atomic E-state index is 14.4. The fourth-order valence-corrected chi connectivity index (χ4v) is 17.4. The topological polar surface area (TPSA) is 325 Å². The van der Waals surface area contributed by atoms with Crippen molar-refractivity contribution in [1.82, 2.24) is 39.2 Å². The molecular formula is C91H104Cl6F4N10O14. The molecule has 0 bridgehead atoms. The molecule has 0 radical (unpaired) electrons. The van der Waals surface area contributed by atoms with Crippen molar-refractivity contribution >= 4 is 150 Å². The highest BCUT2D eigenvalue weighted by Crippen LogP contribution is 2.52. The third kappa shape index (κ3) is 24.8. The highest BCUT2D eigenvalue weighted by molar-refractivity contribution is 6.40. The molecule has 672 valence electrons. The van der Waals surface area contributed by atoms with E-state index in [4.69, 9.17) is 95.0 Å². The number of ketones is 5. The van der Waals surface area contributed by atoms with Gasteiger partial charge in [0.05, 0.1) is 67.0 Å².